The number of nitrogens with two attached hydrogens (primary N) is 1. The number of nitrogens with one attached hydrogen (secondary N) is 1. The van der Waals surface area contributed by atoms with Crippen molar-refractivity contribution in [2.45, 2.75) is 26.8 Å². The smallest absolute Gasteiger partial charge is 0.257 e. The van der Waals surface area contributed by atoms with Gasteiger partial charge in [0.2, 0.25) is 0 Å². The Labute approximate surface area is 119 Å². The van der Waals surface area contributed by atoms with Crippen molar-refractivity contribution in [1.29, 1.82) is 0 Å². The molecule has 19 heavy (non-hydrogen) atoms. The van der Waals surface area contributed by atoms with Gasteiger partial charge in [0.05, 0.1) is 5.02 Å². The fourth-order valence-electron chi connectivity index (χ4n) is 1.48. The largest absolute Gasteiger partial charge is 0.482 e. The first kappa shape index (κ1) is 15.8. The Kier molecular flexibility index (Phi) is 6.67. The van der Waals surface area contributed by atoms with E-state index in [-0.39, 0.29) is 12.5 Å². The molecule has 0 unspecified atom stereocenters. The molecule has 0 fully saturated rings. The first-order valence-corrected chi connectivity index (χ1v) is 6.78. The molecule has 0 aromatic heterocycles. The van der Waals surface area contributed by atoms with Gasteiger partial charge in [0.25, 0.3) is 5.91 Å². The van der Waals surface area contributed by atoms with E-state index < -0.39 is 0 Å². The van der Waals surface area contributed by atoms with E-state index in [2.05, 4.69) is 19.2 Å². The maximum absolute atomic E-state index is 11.5. The van der Waals surface area contributed by atoms with Crippen LogP contribution in [0.5, 0.6) is 5.75 Å². The predicted molar refractivity (Wildman–Crippen MR) is 77.3 cm³/mol. The molecule has 0 aliphatic rings. The Morgan fingerprint density at radius 1 is 1.47 bits per heavy atom. The number of rotatable bonds is 7. The fraction of sp³-hybridized carbons (Fsp3) is 0.500. The molecule has 0 heterocycles. The maximum Gasteiger partial charge on any atom is 0.257 e. The number of ether oxygens (including phenoxy) is 1. The van der Waals surface area contributed by atoms with E-state index in [0.717, 1.165) is 12.0 Å². The van der Waals surface area contributed by atoms with Crippen molar-refractivity contribution in [2.24, 2.45) is 11.7 Å². The molecule has 0 atom stereocenters. The van der Waals surface area contributed by atoms with Gasteiger partial charge in [-0.05, 0) is 30.0 Å². The molecule has 0 aliphatic heterocycles. The van der Waals surface area contributed by atoms with E-state index in [4.69, 9.17) is 22.1 Å². The highest BCUT2D eigenvalue weighted by atomic mass is 35.5. The summed E-state index contributed by atoms with van der Waals surface area (Å²) in [6, 6.07) is 5.30. The minimum Gasteiger partial charge on any atom is -0.482 e. The average Bonchev–Trinajstić information content (AvgIpc) is 2.36. The van der Waals surface area contributed by atoms with Crippen LogP contribution in [0.3, 0.4) is 0 Å². The molecule has 3 N–H and O–H groups in total. The summed E-state index contributed by atoms with van der Waals surface area (Å²) >= 11 is 6.03. The monoisotopic (exact) mass is 284 g/mol. The summed E-state index contributed by atoms with van der Waals surface area (Å²) in [5, 5.41) is 3.27. The van der Waals surface area contributed by atoms with Crippen molar-refractivity contribution < 1.29 is 9.53 Å². The molecule has 1 rings (SSSR count). The standard InChI is InChI=1S/C14H21ClN2O2/c1-10(2)5-6-17-14(18)9-19-13-4-3-11(8-16)7-12(13)15/h3-4,7,10H,5-6,8-9,16H2,1-2H3,(H,17,18). The molecular weight excluding hydrogens is 264 g/mol. The Morgan fingerprint density at radius 3 is 2.79 bits per heavy atom. The van der Waals surface area contributed by atoms with Crippen molar-refractivity contribution in [2.75, 3.05) is 13.2 Å². The molecule has 106 valence electrons. The van der Waals surface area contributed by atoms with Crippen molar-refractivity contribution in [3.05, 3.63) is 28.8 Å². The summed E-state index contributed by atoms with van der Waals surface area (Å²) in [6.45, 7) is 5.29. The lowest BCUT2D eigenvalue weighted by molar-refractivity contribution is -0.123. The summed E-state index contributed by atoms with van der Waals surface area (Å²) in [7, 11) is 0. The zero-order valence-corrected chi connectivity index (χ0v) is 12.2. The number of carbonyl (C=O) groups is 1. The van der Waals surface area contributed by atoms with E-state index in [1.54, 1.807) is 12.1 Å². The van der Waals surface area contributed by atoms with Crippen molar-refractivity contribution in [1.82, 2.24) is 5.32 Å². The Bertz CT molecular complexity index is 422. The number of halogens is 1. The molecule has 0 saturated heterocycles. The van der Waals surface area contributed by atoms with Crippen LogP contribution in [0, 0.1) is 5.92 Å². The highest BCUT2D eigenvalue weighted by Crippen LogP contribution is 2.25. The third-order valence-corrected chi connectivity index (χ3v) is 2.93. The van der Waals surface area contributed by atoms with Crippen LogP contribution in [0.1, 0.15) is 25.8 Å². The van der Waals surface area contributed by atoms with Gasteiger partial charge in [-0.2, -0.15) is 0 Å². The molecule has 0 radical (unpaired) electrons. The second kappa shape index (κ2) is 8.02. The molecule has 1 aromatic rings. The van der Waals surface area contributed by atoms with Crippen LogP contribution in [-0.4, -0.2) is 19.1 Å². The van der Waals surface area contributed by atoms with Crippen molar-refractivity contribution >= 4 is 17.5 Å². The SMILES string of the molecule is CC(C)CCNC(=O)COc1ccc(CN)cc1Cl. The first-order chi connectivity index (χ1) is 9.02. The quantitative estimate of drug-likeness (QED) is 0.808. The third-order valence-electron chi connectivity index (χ3n) is 2.63. The summed E-state index contributed by atoms with van der Waals surface area (Å²) in [5.41, 5.74) is 6.44. The van der Waals surface area contributed by atoms with Gasteiger partial charge in [-0.3, -0.25) is 4.79 Å². The lowest BCUT2D eigenvalue weighted by atomic mass is 10.1. The zero-order chi connectivity index (χ0) is 14.3. The van der Waals surface area contributed by atoms with E-state index in [9.17, 15) is 4.79 Å². The number of hydrogen-bond acceptors (Lipinski definition) is 3. The fourth-order valence-corrected chi connectivity index (χ4v) is 1.74. The Hall–Kier alpha value is -1.26. The highest BCUT2D eigenvalue weighted by Gasteiger charge is 2.06. The molecular formula is C14H21ClN2O2. The lowest BCUT2D eigenvalue weighted by Gasteiger charge is -2.10. The van der Waals surface area contributed by atoms with Crippen LogP contribution in [-0.2, 0) is 11.3 Å². The number of hydrogen-bond donors (Lipinski definition) is 2. The van der Waals surface area contributed by atoms with E-state index in [1.807, 2.05) is 6.07 Å². The van der Waals surface area contributed by atoms with Gasteiger partial charge in [0.15, 0.2) is 6.61 Å². The minimum atomic E-state index is -0.139. The average molecular weight is 285 g/mol. The van der Waals surface area contributed by atoms with Gasteiger partial charge >= 0.3 is 0 Å². The molecule has 0 bridgehead atoms. The molecule has 4 nitrogen and oxygen atoms in total. The van der Waals surface area contributed by atoms with Crippen LogP contribution >= 0.6 is 11.6 Å². The zero-order valence-electron chi connectivity index (χ0n) is 11.4. The van der Waals surface area contributed by atoms with Crippen LogP contribution in [0.2, 0.25) is 5.02 Å². The van der Waals surface area contributed by atoms with Crippen LogP contribution in [0.4, 0.5) is 0 Å². The van der Waals surface area contributed by atoms with Crippen molar-refractivity contribution in [3.8, 4) is 5.75 Å². The lowest BCUT2D eigenvalue weighted by Crippen LogP contribution is -2.30. The van der Waals surface area contributed by atoms with Crippen LogP contribution < -0.4 is 15.8 Å². The van der Waals surface area contributed by atoms with Gasteiger partial charge in [0, 0.05) is 13.1 Å². The highest BCUT2D eigenvalue weighted by molar-refractivity contribution is 6.32. The summed E-state index contributed by atoms with van der Waals surface area (Å²) in [4.78, 5) is 11.5. The number of benzene rings is 1. The second-order valence-corrected chi connectivity index (χ2v) is 5.20. The third kappa shape index (κ3) is 5.94. The molecule has 0 saturated carbocycles. The van der Waals surface area contributed by atoms with Gasteiger partial charge in [-0.25, -0.2) is 0 Å². The molecule has 1 amide bonds. The van der Waals surface area contributed by atoms with Gasteiger partial charge in [-0.15, -0.1) is 0 Å². The van der Waals surface area contributed by atoms with Crippen LogP contribution in [0.25, 0.3) is 0 Å². The maximum atomic E-state index is 11.5. The minimum absolute atomic E-state index is 0.0280. The molecule has 0 aliphatic carbocycles. The number of carbonyl (C=O) groups excluding carboxylic acids is 1. The Morgan fingerprint density at radius 2 is 2.21 bits per heavy atom. The summed E-state index contributed by atoms with van der Waals surface area (Å²) in [5.74, 6) is 0.928. The summed E-state index contributed by atoms with van der Waals surface area (Å²) in [6.07, 6.45) is 0.956. The Balaban J connectivity index is 2.37. The predicted octanol–water partition coefficient (Wildman–Crippen LogP) is 2.34. The van der Waals surface area contributed by atoms with Crippen LogP contribution in [0.15, 0.2) is 18.2 Å². The van der Waals surface area contributed by atoms with Crippen molar-refractivity contribution in [3.63, 3.8) is 0 Å². The van der Waals surface area contributed by atoms with Gasteiger partial charge in [-0.1, -0.05) is 31.5 Å². The van der Waals surface area contributed by atoms with Gasteiger partial charge in [0.1, 0.15) is 5.75 Å². The topological polar surface area (TPSA) is 64.3 Å². The number of amides is 1. The van der Waals surface area contributed by atoms with E-state index in [0.29, 0.717) is 29.8 Å². The molecule has 0 spiro atoms. The van der Waals surface area contributed by atoms with E-state index in [1.165, 1.54) is 0 Å². The summed E-state index contributed by atoms with van der Waals surface area (Å²) < 4.78 is 5.37. The molecule has 1 aromatic carbocycles. The van der Waals surface area contributed by atoms with Gasteiger partial charge < -0.3 is 15.8 Å². The second-order valence-electron chi connectivity index (χ2n) is 4.79. The normalized spacial score (nSPS) is 10.6. The van der Waals surface area contributed by atoms with E-state index >= 15 is 0 Å². The first-order valence-electron chi connectivity index (χ1n) is 6.41. The molecule has 5 heteroatoms.